The molecule has 0 radical (unpaired) electrons. The quantitative estimate of drug-likeness (QED) is 0.797. The van der Waals surface area contributed by atoms with Gasteiger partial charge in [0.05, 0.1) is 6.33 Å². The first-order valence-corrected chi connectivity index (χ1v) is 8.75. The second-order valence-electron chi connectivity index (χ2n) is 7.00. The molecule has 10 heteroatoms. The molecule has 1 saturated carbocycles. The largest absolute Gasteiger partial charge is 0.479 e. The molecule has 3 fully saturated rings. The summed E-state index contributed by atoms with van der Waals surface area (Å²) in [5.74, 6) is -1.53. The van der Waals surface area contributed by atoms with E-state index in [4.69, 9.17) is 19.9 Å². The number of fused-ring (bicyclic) bond motifs is 2. The van der Waals surface area contributed by atoms with Crippen LogP contribution >= 0.6 is 0 Å². The Morgan fingerprint density at radius 3 is 2.73 bits per heavy atom. The number of carbonyl (C=O) groups is 1. The lowest BCUT2D eigenvalue weighted by molar-refractivity contribution is -0.231. The van der Waals surface area contributed by atoms with Gasteiger partial charge in [-0.15, -0.1) is 0 Å². The number of imidazole rings is 1. The third-order valence-electron chi connectivity index (χ3n) is 5.41. The first-order chi connectivity index (χ1) is 12.6. The van der Waals surface area contributed by atoms with Crippen LogP contribution in [0.4, 0.5) is 5.82 Å². The van der Waals surface area contributed by atoms with Crippen molar-refractivity contribution in [3.63, 3.8) is 0 Å². The highest BCUT2D eigenvalue weighted by molar-refractivity contribution is 5.81. The predicted molar refractivity (Wildman–Crippen MR) is 86.8 cm³/mol. The maximum atomic E-state index is 11.7. The van der Waals surface area contributed by atoms with Crippen LogP contribution in [0.3, 0.4) is 0 Å². The molecule has 26 heavy (non-hydrogen) atoms. The second-order valence-corrected chi connectivity index (χ2v) is 7.00. The van der Waals surface area contributed by atoms with E-state index in [-0.39, 0.29) is 5.82 Å². The summed E-state index contributed by atoms with van der Waals surface area (Å²) >= 11 is 0. The first-order valence-electron chi connectivity index (χ1n) is 8.75. The van der Waals surface area contributed by atoms with E-state index in [2.05, 4.69) is 15.0 Å². The lowest BCUT2D eigenvalue weighted by atomic mass is 9.94. The topological polar surface area (TPSA) is 135 Å². The molecule has 3 N–H and O–H groups in total. The number of aliphatic carboxylic acids is 1. The van der Waals surface area contributed by atoms with Gasteiger partial charge in [-0.3, -0.25) is 4.57 Å². The minimum atomic E-state index is -1.11. The SMILES string of the molecule is Nc1ncnc2c1ncn2[C@@H]1O[C@H](C(=O)O)[C@@H]2OC3(CCCCC3)OC21. The average molecular weight is 361 g/mol. The molecule has 3 aliphatic rings. The molecule has 138 valence electrons. The molecular formula is C16H19N5O5. The summed E-state index contributed by atoms with van der Waals surface area (Å²) in [6.07, 6.45) is 4.48. The Labute approximate surface area is 148 Å². The van der Waals surface area contributed by atoms with Crippen LogP contribution in [-0.2, 0) is 19.0 Å². The van der Waals surface area contributed by atoms with E-state index in [0.717, 1.165) is 32.1 Å². The van der Waals surface area contributed by atoms with Crippen LogP contribution in [0, 0.1) is 0 Å². The van der Waals surface area contributed by atoms with Crippen LogP contribution in [0.5, 0.6) is 0 Å². The Hall–Kier alpha value is -2.30. The van der Waals surface area contributed by atoms with Gasteiger partial charge >= 0.3 is 5.97 Å². The van der Waals surface area contributed by atoms with Gasteiger partial charge in [-0.25, -0.2) is 19.7 Å². The summed E-state index contributed by atoms with van der Waals surface area (Å²) < 4.78 is 19.8. The van der Waals surface area contributed by atoms with Crippen molar-refractivity contribution in [1.82, 2.24) is 19.5 Å². The first kappa shape index (κ1) is 15.9. The van der Waals surface area contributed by atoms with E-state index in [9.17, 15) is 9.90 Å². The predicted octanol–water partition coefficient (Wildman–Crippen LogP) is 0.835. The van der Waals surface area contributed by atoms with Crippen molar-refractivity contribution in [1.29, 1.82) is 0 Å². The fraction of sp³-hybridized carbons (Fsp3) is 0.625. The monoisotopic (exact) mass is 361 g/mol. The molecule has 4 atom stereocenters. The van der Waals surface area contributed by atoms with Crippen LogP contribution in [0.15, 0.2) is 12.7 Å². The maximum absolute atomic E-state index is 11.7. The van der Waals surface area contributed by atoms with Gasteiger partial charge in [-0.05, 0) is 12.8 Å². The fourth-order valence-corrected chi connectivity index (χ4v) is 4.22. The van der Waals surface area contributed by atoms with Crippen LogP contribution < -0.4 is 5.73 Å². The molecule has 1 unspecified atom stereocenters. The molecule has 2 aromatic heterocycles. The lowest BCUT2D eigenvalue weighted by Crippen LogP contribution is -2.38. The van der Waals surface area contributed by atoms with Crippen molar-refractivity contribution < 1.29 is 24.1 Å². The van der Waals surface area contributed by atoms with Crippen molar-refractivity contribution in [3.05, 3.63) is 12.7 Å². The van der Waals surface area contributed by atoms with Crippen LogP contribution in [0.25, 0.3) is 11.2 Å². The number of hydrogen-bond acceptors (Lipinski definition) is 8. The number of nitrogens with two attached hydrogens (primary N) is 1. The summed E-state index contributed by atoms with van der Waals surface area (Å²) in [6.45, 7) is 0. The van der Waals surface area contributed by atoms with E-state index in [0.29, 0.717) is 11.2 Å². The molecule has 2 saturated heterocycles. The van der Waals surface area contributed by atoms with Gasteiger partial charge in [0.15, 0.2) is 29.6 Å². The Morgan fingerprint density at radius 2 is 1.96 bits per heavy atom. The molecule has 0 aromatic carbocycles. The average Bonchev–Trinajstić information content (AvgIpc) is 3.28. The van der Waals surface area contributed by atoms with Crippen molar-refractivity contribution in [2.24, 2.45) is 0 Å². The van der Waals surface area contributed by atoms with E-state index in [1.54, 1.807) is 4.57 Å². The van der Waals surface area contributed by atoms with Gasteiger partial charge in [-0.2, -0.15) is 0 Å². The number of nitrogen functional groups attached to an aromatic ring is 1. The number of nitrogens with zero attached hydrogens (tertiary/aromatic N) is 4. The summed E-state index contributed by atoms with van der Waals surface area (Å²) in [5, 5.41) is 9.59. The zero-order chi connectivity index (χ0) is 17.9. The number of ether oxygens (including phenoxy) is 3. The zero-order valence-corrected chi connectivity index (χ0v) is 13.9. The molecule has 0 bridgehead atoms. The highest BCUT2D eigenvalue weighted by Gasteiger charge is 2.61. The maximum Gasteiger partial charge on any atom is 0.335 e. The molecule has 2 aliphatic heterocycles. The van der Waals surface area contributed by atoms with Gasteiger partial charge < -0.3 is 25.1 Å². The van der Waals surface area contributed by atoms with Gasteiger partial charge in [0.25, 0.3) is 0 Å². The van der Waals surface area contributed by atoms with Crippen molar-refractivity contribution in [2.75, 3.05) is 5.73 Å². The summed E-state index contributed by atoms with van der Waals surface area (Å²) in [6, 6.07) is 0. The zero-order valence-electron chi connectivity index (χ0n) is 13.9. The van der Waals surface area contributed by atoms with Crippen LogP contribution in [0.2, 0.25) is 0 Å². The number of aromatic nitrogens is 4. The molecule has 5 rings (SSSR count). The Kier molecular flexibility index (Phi) is 3.43. The molecule has 10 nitrogen and oxygen atoms in total. The van der Waals surface area contributed by atoms with Crippen LogP contribution in [-0.4, -0.2) is 54.7 Å². The van der Waals surface area contributed by atoms with Gasteiger partial charge in [0, 0.05) is 12.8 Å². The molecular weight excluding hydrogens is 342 g/mol. The minimum absolute atomic E-state index is 0.255. The lowest BCUT2D eigenvalue weighted by Gasteiger charge is -2.33. The number of hydrogen-bond donors (Lipinski definition) is 2. The Morgan fingerprint density at radius 1 is 1.19 bits per heavy atom. The fourth-order valence-electron chi connectivity index (χ4n) is 4.22. The van der Waals surface area contributed by atoms with Crippen molar-refractivity contribution in [3.8, 4) is 0 Å². The second kappa shape index (κ2) is 5.60. The molecule has 1 spiro atoms. The Balaban J connectivity index is 1.54. The standard InChI is InChI=1S/C16H19N5O5/c17-12-8-13(19-6-18-12)21(7-20-8)14-10-9(11(24-14)15(22)23)25-16(26-10)4-2-1-3-5-16/h6-7,9-11,14H,1-5H2,(H,22,23)(H2,17,18,19)/t9-,10?,11+,14-/m1/s1. The number of anilines is 1. The highest BCUT2D eigenvalue weighted by Crippen LogP contribution is 2.48. The van der Waals surface area contributed by atoms with Crippen molar-refractivity contribution >= 4 is 23.0 Å². The molecule has 0 amide bonds. The smallest absolute Gasteiger partial charge is 0.335 e. The number of carboxylic acid groups (broad SMARTS) is 1. The van der Waals surface area contributed by atoms with Gasteiger partial charge in [0.2, 0.25) is 0 Å². The third kappa shape index (κ3) is 2.22. The van der Waals surface area contributed by atoms with E-state index in [1.165, 1.54) is 12.7 Å². The Bertz CT molecular complexity index is 864. The summed E-state index contributed by atoms with van der Waals surface area (Å²) in [5.41, 5.74) is 6.76. The van der Waals surface area contributed by atoms with Crippen molar-refractivity contribution in [2.45, 2.75) is 62.4 Å². The highest BCUT2D eigenvalue weighted by atomic mass is 16.8. The molecule has 4 heterocycles. The number of carboxylic acids is 1. The molecule has 2 aromatic rings. The molecule has 1 aliphatic carbocycles. The summed E-state index contributed by atoms with van der Waals surface area (Å²) in [7, 11) is 0. The van der Waals surface area contributed by atoms with E-state index < -0.39 is 36.3 Å². The van der Waals surface area contributed by atoms with E-state index in [1.807, 2.05) is 0 Å². The number of rotatable bonds is 2. The van der Waals surface area contributed by atoms with E-state index >= 15 is 0 Å². The van der Waals surface area contributed by atoms with Gasteiger partial charge in [0.1, 0.15) is 24.1 Å². The normalized spacial score (nSPS) is 32.9. The van der Waals surface area contributed by atoms with Crippen LogP contribution in [0.1, 0.15) is 38.3 Å². The third-order valence-corrected chi connectivity index (χ3v) is 5.41. The summed E-state index contributed by atoms with van der Waals surface area (Å²) in [4.78, 5) is 24.1. The van der Waals surface area contributed by atoms with Gasteiger partial charge in [-0.1, -0.05) is 6.42 Å². The minimum Gasteiger partial charge on any atom is -0.479 e.